The lowest BCUT2D eigenvalue weighted by atomic mass is 9.95. The predicted octanol–water partition coefficient (Wildman–Crippen LogP) is 4.85. The Hall–Kier alpha value is -3.35. The molecule has 0 bridgehead atoms. The maximum absolute atomic E-state index is 13.9. The van der Waals surface area contributed by atoms with Crippen LogP contribution in [0.25, 0.3) is 0 Å². The van der Waals surface area contributed by atoms with E-state index in [0.29, 0.717) is 0 Å². The van der Waals surface area contributed by atoms with Crippen LogP contribution in [-0.4, -0.2) is 47.0 Å². The minimum absolute atomic E-state index is 0.254. The van der Waals surface area contributed by atoms with Gasteiger partial charge in [0.15, 0.2) is 0 Å². The molecule has 196 valence electrons. The zero-order valence-corrected chi connectivity index (χ0v) is 23.1. The summed E-state index contributed by atoms with van der Waals surface area (Å²) in [5.41, 5.74) is 2.37. The fourth-order valence-electron chi connectivity index (χ4n) is 3.97. The lowest BCUT2D eigenvalue weighted by Gasteiger charge is -2.34. The number of benzene rings is 2. The molecule has 0 fully saturated rings. The summed E-state index contributed by atoms with van der Waals surface area (Å²) in [6.07, 6.45) is -0.434. The lowest BCUT2D eigenvalue weighted by Crippen LogP contribution is -2.54. The molecular formula is C29H41N3O4. The highest BCUT2D eigenvalue weighted by atomic mass is 16.6. The van der Waals surface area contributed by atoms with Crippen LogP contribution < -0.4 is 10.6 Å². The van der Waals surface area contributed by atoms with Crippen LogP contribution in [0.5, 0.6) is 0 Å². The van der Waals surface area contributed by atoms with Crippen LogP contribution in [0.15, 0.2) is 48.5 Å². The number of rotatable bonds is 7. The second-order valence-corrected chi connectivity index (χ2v) is 11.3. The monoisotopic (exact) mass is 495 g/mol. The minimum atomic E-state index is -0.928. The third-order valence-electron chi connectivity index (χ3n) is 5.47. The molecule has 0 aliphatic carbocycles. The molecule has 2 N–H and O–H groups in total. The van der Waals surface area contributed by atoms with Crippen molar-refractivity contribution in [1.29, 1.82) is 0 Å². The highest BCUT2D eigenvalue weighted by molar-refractivity contribution is 5.92. The first-order valence-corrected chi connectivity index (χ1v) is 12.3. The molecule has 0 spiro atoms. The Morgan fingerprint density at radius 1 is 0.944 bits per heavy atom. The fraction of sp³-hybridized carbons (Fsp3) is 0.483. The number of carbonyl (C=O) groups is 3. The van der Waals surface area contributed by atoms with E-state index >= 15 is 0 Å². The quantitative estimate of drug-likeness (QED) is 0.575. The molecule has 7 heteroatoms. The van der Waals surface area contributed by atoms with Crippen molar-refractivity contribution in [2.45, 2.75) is 85.0 Å². The molecule has 0 aliphatic heterocycles. The molecule has 0 saturated carbocycles. The van der Waals surface area contributed by atoms with Crippen molar-refractivity contribution in [1.82, 2.24) is 15.5 Å². The first kappa shape index (κ1) is 28.9. The highest BCUT2D eigenvalue weighted by Crippen LogP contribution is 2.26. The van der Waals surface area contributed by atoms with Crippen molar-refractivity contribution in [3.05, 3.63) is 70.8 Å². The third-order valence-corrected chi connectivity index (χ3v) is 5.47. The first-order chi connectivity index (χ1) is 16.6. The summed E-state index contributed by atoms with van der Waals surface area (Å²) in [5, 5.41) is 5.75. The third kappa shape index (κ3) is 8.70. The number of likely N-dealkylation sites (N-methyl/N-ethyl adjacent to an activating group) is 1. The molecule has 0 saturated heterocycles. The SMILES string of the molecule is Cc1ccc(C(C(=O)NC(C)(C)C)N(C)C(=O)C(Cc2ccccc2)NC(=O)OC(C)(C)C)c(C)c1. The number of nitrogens with zero attached hydrogens (tertiary/aromatic N) is 1. The Morgan fingerprint density at radius 2 is 1.56 bits per heavy atom. The van der Waals surface area contributed by atoms with Crippen molar-refractivity contribution in [2.24, 2.45) is 0 Å². The van der Waals surface area contributed by atoms with E-state index in [-0.39, 0.29) is 12.3 Å². The second-order valence-electron chi connectivity index (χ2n) is 11.3. The summed E-state index contributed by atoms with van der Waals surface area (Å²) in [7, 11) is 1.60. The summed E-state index contributed by atoms with van der Waals surface area (Å²) >= 11 is 0. The van der Waals surface area contributed by atoms with Gasteiger partial charge in [-0.15, -0.1) is 0 Å². The number of amides is 3. The van der Waals surface area contributed by atoms with E-state index in [0.717, 1.165) is 22.3 Å². The van der Waals surface area contributed by atoms with Crippen LogP contribution in [-0.2, 0) is 20.7 Å². The Kier molecular flexibility index (Phi) is 9.30. The maximum Gasteiger partial charge on any atom is 0.408 e. The van der Waals surface area contributed by atoms with Gasteiger partial charge in [0.1, 0.15) is 17.7 Å². The van der Waals surface area contributed by atoms with Gasteiger partial charge in [-0.1, -0.05) is 54.1 Å². The zero-order valence-electron chi connectivity index (χ0n) is 23.1. The number of hydrogen-bond acceptors (Lipinski definition) is 4. The molecule has 0 aromatic heterocycles. The number of ether oxygens (including phenoxy) is 1. The van der Waals surface area contributed by atoms with Gasteiger partial charge in [0.2, 0.25) is 11.8 Å². The summed E-state index contributed by atoms with van der Waals surface area (Å²) < 4.78 is 5.43. The van der Waals surface area contributed by atoms with E-state index < -0.39 is 35.2 Å². The van der Waals surface area contributed by atoms with Crippen LogP contribution >= 0.6 is 0 Å². The highest BCUT2D eigenvalue weighted by Gasteiger charge is 2.36. The zero-order chi connectivity index (χ0) is 27.3. The Balaban J connectivity index is 2.46. The van der Waals surface area contributed by atoms with E-state index in [4.69, 9.17) is 4.74 Å². The predicted molar refractivity (Wildman–Crippen MR) is 143 cm³/mol. The number of nitrogens with one attached hydrogen (secondary N) is 2. The number of aryl methyl sites for hydroxylation is 2. The Labute approximate surface area is 215 Å². The molecule has 2 unspecified atom stereocenters. The molecule has 0 radical (unpaired) electrons. The maximum atomic E-state index is 13.9. The van der Waals surface area contributed by atoms with Crippen molar-refractivity contribution in [2.75, 3.05) is 7.05 Å². The van der Waals surface area contributed by atoms with Gasteiger partial charge in [-0.25, -0.2) is 4.79 Å². The van der Waals surface area contributed by atoms with Gasteiger partial charge >= 0.3 is 6.09 Å². The van der Waals surface area contributed by atoms with Crippen LogP contribution in [0, 0.1) is 13.8 Å². The van der Waals surface area contributed by atoms with Crippen molar-refractivity contribution in [3.8, 4) is 0 Å². The second kappa shape index (κ2) is 11.6. The van der Waals surface area contributed by atoms with E-state index in [1.54, 1.807) is 27.8 Å². The molecule has 2 aromatic carbocycles. The van der Waals surface area contributed by atoms with E-state index in [9.17, 15) is 14.4 Å². The Bertz CT molecular complexity index is 1070. The first-order valence-electron chi connectivity index (χ1n) is 12.3. The Morgan fingerprint density at radius 3 is 2.08 bits per heavy atom. The smallest absolute Gasteiger partial charge is 0.408 e. The van der Waals surface area contributed by atoms with Gasteiger partial charge in [-0.3, -0.25) is 9.59 Å². The molecule has 3 amide bonds. The van der Waals surface area contributed by atoms with Crippen LogP contribution in [0.2, 0.25) is 0 Å². The standard InChI is InChI=1S/C29H41N3O4/c1-19-15-16-22(20(2)17-19)24(25(33)31-28(3,4)5)32(9)26(34)23(18-21-13-11-10-12-14-21)30-27(35)36-29(6,7)8/h10-17,23-24H,18H2,1-9H3,(H,30,35)(H,31,33). The van der Waals surface area contributed by atoms with Crippen molar-refractivity contribution < 1.29 is 19.1 Å². The molecule has 0 aliphatic rings. The summed E-state index contributed by atoms with van der Waals surface area (Å²) in [6.45, 7) is 14.9. The molecule has 7 nitrogen and oxygen atoms in total. The van der Waals surface area contributed by atoms with Gasteiger partial charge in [0.25, 0.3) is 0 Å². The largest absolute Gasteiger partial charge is 0.444 e. The van der Waals surface area contributed by atoms with E-state index in [2.05, 4.69) is 10.6 Å². The minimum Gasteiger partial charge on any atom is -0.444 e. The molecular weight excluding hydrogens is 454 g/mol. The van der Waals surface area contributed by atoms with Gasteiger partial charge in [0, 0.05) is 19.0 Å². The number of alkyl carbamates (subject to hydrolysis) is 1. The molecule has 0 heterocycles. The number of hydrogen-bond donors (Lipinski definition) is 2. The van der Waals surface area contributed by atoms with Gasteiger partial charge < -0.3 is 20.3 Å². The normalized spacial score (nSPS) is 13.4. The van der Waals surface area contributed by atoms with Crippen LogP contribution in [0.1, 0.15) is 69.8 Å². The average Bonchev–Trinajstić information content (AvgIpc) is 2.72. The van der Waals surface area contributed by atoms with E-state index in [1.807, 2.05) is 83.1 Å². The summed E-state index contributed by atoms with van der Waals surface area (Å²) in [4.78, 5) is 41.5. The van der Waals surface area contributed by atoms with E-state index in [1.165, 1.54) is 4.90 Å². The molecule has 2 atom stereocenters. The molecule has 2 rings (SSSR count). The van der Waals surface area contributed by atoms with Crippen molar-refractivity contribution >= 4 is 17.9 Å². The summed E-state index contributed by atoms with van der Waals surface area (Å²) in [5.74, 6) is -0.681. The van der Waals surface area contributed by atoms with Gasteiger partial charge in [-0.2, -0.15) is 0 Å². The van der Waals surface area contributed by atoms with Crippen molar-refractivity contribution in [3.63, 3.8) is 0 Å². The topological polar surface area (TPSA) is 87.7 Å². The van der Waals surface area contributed by atoms with Gasteiger partial charge in [0.05, 0.1) is 0 Å². The average molecular weight is 496 g/mol. The van der Waals surface area contributed by atoms with Gasteiger partial charge in [-0.05, 0) is 72.1 Å². The fourth-order valence-corrected chi connectivity index (χ4v) is 3.97. The number of carbonyl (C=O) groups excluding carboxylic acids is 3. The van der Waals surface area contributed by atoms with Crippen LogP contribution in [0.3, 0.4) is 0 Å². The van der Waals surface area contributed by atoms with Crippen LogP contribution in [0.4, 0.5) is 4.79 Å². The molecule has 2 aromatic rings. The summed E-state index contributed by atoms with van der Waals surface area (Å²) in [6, 6.07) is 13.4. The molecule has 36 heavy (non-hydrogen) atoms. The lowest BCUT2D eigenvalue weighted by molar-refractivity contribution is -0.141.